The van der Waals surface area contributed by atoms with Crippen LogP contribution >= 0.6 is 0 Å². The topological polar surface area (TPSA) is 181 Å². The summed E-state index contributed by atoms with van der Waals surface area (Å²) in [6.45, 7) is 17.3. The van der Waals surface area contributed by atoms with Crippen LogP contribution in [-0.4, -0.2) is 141 Å². The van der Waals surface area contributed by atoms with Gasteiger partial charge in [-0.15, -0.1) is 0 Å². The van der Waals surface area contributed by atoms with Gasteiger partial charge in [0.05, 0.1) is 42.5 Å². The van der Waals surface area contributed by atoms with Gasteiger partial charge in [0.1, 0.15) is 23.9 Å². The van der Waals surface area contributed by atoms with Crippen LogP contribution in [0, 0.1) is 23.7 Å². The molecule has 0 aromatic carbocycles. The number of unbranched alkanes of at least 4 members (excludes halogenated alkanes) is 1. The van der Waals surface area contributed by atoms with Crippen LogP contribution in [0.2, 0.25) is 0 Å². The predicted octanol–water partition coefficient (Wildman–Crippen LogP) is 5.33. The molecule has 2 aromatic rings. The number of rotatable bonds is 13. The number of hydrogen-bond acceptors (Lipinski definition) is 14. The van der Waals surface area contributed by atoms with Crippen LogP contribution in [0.15, 0.2) is 30.9 Å². The average Bonchev–Trinajstić information content (AvgIpc) is 3.81. The van der Waals surface area contributed by atoms with Gasteiger partial charge in [-0.2, -0.15) is 0 Å². The average molecular weight is 856 g/mol. The molecule has 3 aliphatic heterocycles. The maximum Gasteiger partial charge on any atom is 0.410 e. The lowest BCUT2D eigenvalue weighted by atomic mass is 9.73. The molecular weight excluding hydrogens is 787 g/mol. The Bertz CT molecular complexity index is 1820. The lowest BCUT2D eigenvalue weighted by Crippen LogP contribution is -2.60. The van der Waals surface area contributed by atoms with Crippen molar-refractivity contribution in [2.24, 2.45) is 23.7 Å². The van der Waals surface area contributed by atoms with E-state index in [1.807, 2.05) is 69.6 Å². The molecule has 3 aliphatic rings. The lowest BCUT2D eigenvalue weighted by Gasteiger charge is -2.47. The second kappa shape index (κ2) is 20.0. The molecule has 1 N–H and O–H groups in total. The van der Waals surface area contributed by atoms with Gasteiger partial charge >= 0.3 is 12.1 Å². The van der Waals surface area contributed by atoms with Gasteiger partial charge < -0.3 is 47.9 Å². The normalized spacial score (nSPS) is 35.4. The molecule has 5 heterocycles. The van der Waals surface area contributed by atoms with Crippen LogP contribution in [0.4, 0.5) is 4.79 Å². The number of fused-ring (bicyclic) bond motifs is 1. The lowest BCUT2D eigenvalue weighted by molar-refractivity contribution is -0.295. The number of imidazole rings is 1. The first-order valence-corrected chi connectivity index (χ1v) is 21.9. The fourth-order valence-electron chi connectivity index (χ4n) is 9.68. The van der Waals surface area contributed by atoms with Gasteiger partial charge in [0, 0.05) is 68.0 Å². The zero-order valence-electron chi connectivity index (χ0n) is 38.2. The molecule has 0 aliphatic carbocycles. The van der Waals surface area contributed by atoms with E-state index in [2.05, 4.69) is 9.97 Å². The van der Waals surface area contributed by atoms with Gasteiger partial charge in [-0.1, -0.05) is 27.7 Å². The molecule has 3 fully saturated rings. The molecule has 1 amide bonds. The first-order valence-electron chi connectivity index (χ1n) is 21.9. The van der Waals surface area contributed by atoms with E-state index >= 15 is 0 Å². The molecule has 2 aromatic heterocycles. The van der Waals surface area contributed by atoms with Crippen molar-refractivity contribution in [3.05, 3.63) is 30.9 Å². The largest absolute Gasteiger partial charge is 0.478 e. The molecule has 3 saturated heterocycles. The van der Waals surface area contributed by atoms with Crippen molar-refractivity contribution in [1.82, 2.24) is 24.3 Å². The van der Waals surface area contributed by atoms with E-state index in [0.717, 1.165) is 11.3 Å². The number of likely N-dealkylation sites (N-methyl/N-ethyl adjacent to an activating group) is 1. The molecule has 0 spiro atoms. The number of aryl methyl sites for hydroxylation is 1. The highest BCUT2D eigenvalue weighted by Crippen LogP contribution is 2.43. The molecule has 61 heavy (non-hydrogen) atoms. The highest BCUT2D eigenvalue weighted by atomic mass is 16.7. The van der Waals surface area contributed by atoms with E-state index in [1.165, 1.54) is 14.0 Å². The number of cyclic esters (lactones) is 1. The zero-order valence-corrected chi connectivity index (χ0v) is 38.2. The number of amides is 1. The van der Waals surface area contributed by atoms with E-state index in [0.29, 0.717) is 38.3 Å². The number of carbonyl (C=O) groups is 4. The summed E-state index contributed by atoms with van der Waals surface area (Å²) in [4.78, 5) is 69.4. The molecule has 5 rings (SSSR count). The van der Waals surface area contributed by atoms with Crippen molar-refractivity contribution in [3.8, 4) is 17.1 Å². The molecule has 2 unspecified atom stereocenters. The quantitative estimate of drug-likeness (QED) is 0.155. The summed E-state index contributed by atoms with van der Waals surface area (Å²) in [5.41, 5.74) is -1.05. The molecule has 0 saturated carbocycles. The van der Waals surface area contributed by atoms with Crippen molar-refractivity contribution in [1.29, 1.82) is 0 Å². The third-order valence-corrected chi connectivity index (χ3v) is 13.2. The summed E-state index contributed by atoms with van der Waals surface area (Å²) in [5.74, 6) is -4.45. The summed E-state index contributed by atoms with van der Waals surface area (Å²) in [6.07, 6.45) is 2.59. The minimum atomic E-state index is -1.41. The Balaban J connectivity index is 1.40. The first kappa shape index (κ1) is 48.1. The van der Waals surface area contributed by atoms with Gasteiger partial charge in [0.2, 0.25) is 5.88 Å². The Morgan fingerprint density at radius 2 is 1.67 bits per heavy atom. The highest BCUT2D eigenvalue weighted by Gasteiger charge is 2.60. The molecule has 0 bridgehead atoms. The van der Waals surface area contributed by atoms with Crippen molar-refractivity contribution < 1.29 is 52.7 Å². The Morgan fingerprint density at radius 1 is 0.967 bits per heavy atom. The summed E-state index contributed by atoms with van der Waals surface area (Å²) in [7, 11) is 5.24. The third-order valence-electron chi connectivity index (χ3n) is 13.2. The van der Waals surface area contributed by atoms with E-state index in [-0.39, 0.29) is 37.3 Å². The van der Waals surface area contributed by atoms with Crippen molar-refractivity contribution in [3.63, 3.8) is 0 Å². The highest BCUT2D eigenvalue weighted by molar-refractivity contribution is 6.00. The SMILES string of the molecule is CCOc1ccc(-c2cn(CCCCN3C(=O)O[C@]4(C)[C@@H](CC)OC(=O)[C@H](C)C(=O)[C@H](C)C(OC5O[C@H](C)C[C@H](N(C)C)[C@H]5O)[C@@](C)(OC)C[C@@H](C)C(=O)[C@H](C)[C@@H]34)cn2)cn1. The minimum absolute atomic E-state index is 0.123. The molecule has 13 atom stereocenters. The van der Waals surface area contributed by atoms with Crippen LogP contribution in [0.1, 0.15) is 94.4 Å². The van der Waals surface area contributed by atoms with Crippen LogP contribution in [-0.2, 0) is 44.6 Å². The Morgan fingerprint density at radius 3 is 2.30 bits per heavy atom. The monoisotopic (exact) mass is 855 g/mol. The van der Waals surface area contributed by atoms with Gasteiger partial charge in [0.25, 0.3) is 0 Å². The maximum atomic E-state index is 14.8. The van der Waals surface area contributed by atoms with Crippen molar-refractivity contribution >= 4 is 23.6 Å². The third kappa shape index (κ3) is 10.3. The van der Waals surface area contributed by atoms with Crippen LogP contribution in [0.5, 0.6) is 5.88 Å². The second-order valence-corrected chi connectivity index (χ2v) is 17.9. The second-order valence-electron chi connectivity index (χ2n) is 17.9. The number of methoxy groups -OCH3 is 1. The standard InChI is InChI=1S/C45H69N5O11/c1-13-34-45(9)39(50(43(55)61-45)20-16-15-19-49-24-32(47-25-49)31-17-18-35(46-23-31)57-14-2)28(5)36(51)26(3)22-44(8,56-12)40(29(6)37(52)30(7)41(54)59-34)60-42-38(53)33(48(10)11)21-27(4)58-42/h17-18,23-30,33-34,38-40,42,53H,13-16,19-22H2,1-12H3/t26-,27-,28+,29+,30-,33+,34-,38-,39-,40?,42?,44+,45-/m1/s1. The predicted molar refractivity (Wildman–Crippen MR) is 225 cm³/mol. The number of esters is 1. The summed E-state index contributed by atoms with van der Waals surface area (Å²) in [6, 6.07) is 2.64. The van der Waals surface area contributed by atoms with Crippen molar-refractivity contribution in [2.45, 2.75) is 155 Å². The van der Waals surface area contributed by atoms with Gasteiger partial charge in [-0.25, -0.2) is 14.8 Å². The van der Waals surface area contributed by atoms with Crippen LogP contribution in [0.3, 0.4) is 0 Å². The van der Waals surface area contributed by atoms with Gasteiger partial charge in [0.15, 0.2) is 17.7 Å². The molecule has 340 valence electrons. The fraction of sp³-hybridized carbons (Fsp3) is 0.733. The number of hydrogen-bond donors (Lipinski definition) is 1. The Hall–Kier alpha value is -3.96. The number of carbonyl (C=O) groups excluding carboxylic acids is 4. The molecule has 16 heteroatoms. The Labute approximate surface area is 360 Å². The van der Waals surface area contributed by atoms with Crippen molar-refractivity contribution in [2.75, 3.05) is 34.4 Å². The van der Waals surface area contributed by atoms with E-state index < -0.39 is 83.4 Å². The van der Waals surface area contributed by atoms with E-state index in [4.69, 9.17) is 28.4 Å². The van der Waals surface area contributed by atoms with Crippen LogP contribution in [0.25, 0.3) is 11.3 Å². The van der Waals surface area contributed by atoms with Gasteiger partial charge in [-0.05, 0) is 86.9 Å². The Kier molecular flexibility index (Phi) is 15.8. The smallest absolute Gasteiger partial charge is 0.410 e. The summed E-state index contributed by atoms with van der Waals surface area (Å²) < 4.78 is 38.7. The number of pyridine rings is 1. The first-order chi connectivity index (χ1) is 28.8. The van der Waals surface area contributed by atoms with E-state index in [9.17, 15) is 24.3 Å². The van der Waals surface area contributed by atoms with E-state index in [1.54, 1.807) is 45.1 Å². The number of Topliss-reactive ketones (excluding diaryl/α,β-unsaturated/α-hetero) is 2. The fourth-order valence-corrected chi connectivity index (χ4v) is 9.68. The van der Waals surface area contributed by atoms with Gasteiger partial charge in [-0.3, -0.25) is 14.4 Å². The summed E-state index contributed by atoms with van der Waals surface area (Å²) in [5, 5.41) is 11.5. The number of aromatic nitrogens is 3. The molecular formula is C45H69N5O11. The zero-order chi connectivity index (χ0) is 45.0. The number of ketones is 2. The summed E-state index contributed by atoms with van der Waals surface area (Å²) >= 11 is 0. The van der Waals surface area contributed by atoms with Crippen LogP contribution < -0.4 is 4.74 Å². The maximum absolute atomic E-state index is 14.8. The molecule has 0 radical (unpaired) electrons. The molecule has 16 nitrogen and oxygen atoms in total. The number of aliphatic hydroxyl groups is 1. The number of ether oxygens (including phenoxy) is 6. The number of nitrogens with zero attached hydrogens (tertiary/aromatic N) is 5. The number of aliphatic hydroxyl groups excluding tert-OH is 1. The minimum Gasteiger partial charge on any atom is -0.478 e.